The average molecular weight is 309 g/mol. The number of amides is 1. The molecule has 5 heteroatoms. The lowest BCUT2D eigenvalue weighted by molar-refractivity contribution is 0.0937. The fourth-order valence-corrected chi connectivity index (χ4v) is 3.61. The first-order chi connectivity index (χ1) is 11.2. The summed E-state index contributed by atoms with van der Waals surface area (Å²) in [7, 11) is 0. The zero-order chi connectivity index (χ0) is 15.8. The fourth-order valence-electron chi connectivity index (χ4n) is 3.61. The Bertz CT molecular complexity index is 759. The third kappa shape index (κ3) is 2.92. The van der Waals surface area contributed by atoms with Gasteiger partial charge < -0.3 is 10.3 Å². The molecule has 5 nitrogen and oxygen atoms in total. The van der Waals surface area contributed by atoms with Crippen LogP contribution in [0.25, 0.3) is 0 Å². The maximum atomic E-state index is 12.2. The van der Waals surface area contributed by atoms with E-state index in [0.717, 1.165) is 19.6 Å². The number of carbonyl (C=O) groups is 1. The molecule has 118 valence electrons. The number of rotatable bonds is 4. The maximum absolute atomic E-state index is 12.2. The average Bonchev–Trinajstić information content (AvgIpc) is 3.00. The molecule has 2 aromatic rings. The number of H-pyrrole nitrogens is 1. The molecule has 2 heterocycles. The van der Waals surface area contributed by atoms with Crippen molar-refractivity contribution < 1.29 is 4.79 Å². The monoisotopic (exact) mass is 309 g/mol. The molecule has 1 aromatic heterocycles. The summed E-state index contributed by atoms with van der Waals surface area (Å²) in [6.07, 6.45) is 0. The molecule has 4 rings (SSSR count). The number of hydrogen-bond donors (Lipinski definition) is 2. The van der Waals surface area contributed by atoms with E-state index in [1.807, 2.05) is 6.07 Å². The van der Waals surface area contributed by atoms with E-state index < -0.39 is 0 Å². The summed E-state index contributed by atoms with van der Waals surface area (Å²) >= 11 is 0. The second-order valence-corrected chi connectivity index (χ2v) is 6.44. The second kappa shape index (κ2) is 5.66. The molecule has 0 radical (unpaired) electrons. The fraction of sp³-hybridized carbons (Fsp3) is 0.333. The Morgan fingerprint density at radius 1 is 1.09 bits per heavy atom. The molecule has 1 amide bonds. The van der Waals surface area contributed by atoms with E-state index in [1.54, 1.807) is 12.1 Å². The number of nitrogens with zero attached hydrogens (tertiary/aromatic N) is 1. The summed E-state index contributed by atoms with van der Waals surface area (Å²) < 4.78 is 0. The minimum atomic E-state index is -0.248. The summed E-state index contributed by atoms with van der Waals surface area (Å²) in [5.41, 5.74) is 1.42. The number of aromatic amines is 1. The molecule has 0 spiro atoms. The van der Waals surface area contributed by atoms with Gasteiger partial charge in [0, 0.05) is 31.7 Å². The van der Waals surface area contributed by atoms with Crippen molar-refractivity contribution in [1.29, 1.82) is 0 Å². The highest BCUT2D eigenvalue weighted by atomic mass is 16.2. The van der Waals surface area contributed by atoms with Gasteiger partial charge in [-0.3, -0.25) is 14.5 Å². The van der Waals surface area contributed by atoms with Crippen molar-refractivity contribution in [1.82, 2.24) is 15.2 Å². The van der Waals surface area contributed by atoms with Crippen LogP contribution in [-0.4, -0.2) is 34.9 Å². The van der Waals surface area contributed by atoms with Crippen LogP contribution < -0.4 is 10.9 Å². The van der Waals surface area contributed by atoms with Gasteiger partial charge in [-0.1, -0.05) is 36.4 Å². The quantitative estimate of drug-likeness (QED) is 0.893. The van der Waals surface area contributed by atoms with Gasteiger partial charge in [0.25, 0.3) is 5.91 Å². The summed E-state index contributed by atoms with van der Waals surface area (Å²) in [5, 5.41) is 3.05. The Hall–Kier alpha value is -2.40. The Balaban J connectivity index is 1.31. The van der Waals surface area contributed by atoms with E-state index >= 15 is 0 Å². The highest BCUT2D eigenvalue weighted by Gasteiger charge is 2.56. The van der Waals surface area contributed by atoms with Crippen LogP contribution in [0.3, 0.4) is 0 Å². The molecular formula is C18H19N3O2. The molecule has 1 aliphatic carbocycles. The van der Waals surface area contributed by atoms with Crippen LogP contribution >= 0.6 is 0 Å². The van der Waals surface area contributed by atoms with Crippen molar-refractivity contribution in [3.63, 3.8) is 0 Å². The second-order valence-electron chi connectivity index (χ2n) is 6.44. The lowest BCUT2D eigenvalue weighted by Crippen LogP contribution is -2.35. The van der Waals surface area contributed by atoms with Crippen molar-refractivity contribution in [2.45, 2.75) is 12.6 Å². The summed E-state index contributed by atoms with van der Waals surface area (Å²) in [6, 6.07) is 15.3. The number of piperidine rings is 1. The highest BCUT2D eigenvalue weighted by molar-refractivity contribution is 5.92. The third-order valence-corrected chi connectivity index (χ3v) is 4.83. The smallest absolute Gasteiger partial charge is 0.268 e. The van der Waals surface area contributed by atoms with Crippen LogP contribution in [-0.2, 0) is 6.54 Å². The molecule has 2 fully saturated rings. The van der Waals surface area contributed by atoms with Crippen molar-refractivity contribution in [2.75, 3.05) is 13.1 Å². The zero-order valence-electron chi connectivity index (χ0n) is 12.7. The number of hydrogen-bond acceptors (Lipinski definition) is 3. The minimum absolute atomic E-state index is 0.184. The Labute approximate surface area is 134 Å². The number of nitrogens with one attached hydrogen (secondary N) is 2. The molecule has 3 atom stereocenters. The summed E-state index contributed by atoms with van der Waals surface area (Å²) in [6.45, 7) is 3.02. The van der Waals surface area contributed by atoms with Gasteiger partial charge in [-0.2, -0.15) is 0 Å². The van der Waals surface area contributed by atoms with Crippen molar-refractivity contribution in [3.8, 4) is 0 Å². The standard InChI is InChI=1S/C18H19N3O2/c22-16-8-4-7-15(19-16)18(23)20-17-13-10-21(11-14(13)17)9-12-5-2-1-3-6-12/h1-8,13-14,17H,9-11H2,(H,19,22)(H,20,23)/t13-,14+,17?. The SMILES string of the molecule is O=C(NC1[C@H]2CN(Cc3ccccc3)C[C@@H]12)c1cccc(=O)[nH]1. The van der Waals surface area contributed by atoms with Gasteiger partial charge in [-0.15, -0.1) is 0 Å². The largest absolute Gasteiger partial charge is 0.347 e. The van der Waals surface area contributed by atoms with Crippen LogP contribution in [0.5, 0.6) is 0 Å². The van der Waals surface area contributed by atoms with Gasteiger partial charge in [0.2, 0.25) is 5.56 Å². The first-order valence-corrected chi connectivity index (χ1v) is 7.97. The topological polar surface area (TPSA) is 65.2 Å². The maximum Gasteiger partial charge on any atom is 0.268 e. The molecule has 1 aliphatic heterocycles. The third-order valence-electron chi connectivity index (χ3n) is 4.83. The lowest BCUT2D eigenvalue weighted by atomic mass is 10.2. The van der Waals surface area contributed by atoms with E-state index in [0.29, 0.717) is 17.5 Å². The molecular weight excluding hydrogens is 290 g/mol. The van der Waals surface area contributed by atoms with Gasteiger partial charge in [0.15, 0.2) is 0 Å². The first-order valence-electron chi connectivity index (χ1n) is 7.97. The van der Waals surface area contributed by atoms with Gasteiger partial charge >= 0.3 is 0 Å². The van der Waals surface area contributed by atoms with E-state index in [9.17, 15) is 9.59 Å². The normalized spacial score (nSPS) is 25.8. The van der Waals surface area contributed by atoms with Gasteiger partial charge in [0.05, 0.1) is 0 Å². The van der Waals surface area contributed by atoms with Gasteiger partial charge in [0.1, 0.15) is 5.69 Å². The van der Waals surface area contributed by atoms with Crippen LogP contribution in [0.2, 0.25) is 0 Å². The van der Waals surface area contributed by atoms with Crippen molar-refractivity contribution >= 4 is 5.91 Å². The van der Waals surface area contributed by atoms with E-state index in [4.69, 9.17) is 0 Å². The van der Waals surface area contributed by atoms with E-state index in [1.165, 1.54) is 11.6 Å². The molecule has 1 aromatic carbocycles. The van der Waals surface area contributed by atoms with Crippen LogP contribution in [0.15, 0.2) is 53.3 Å². The predicted octanol–water partition coefficient (Wildman–Crippen LogP) is 1.24. The molecule has 23 heavy (non-hydrogen) atoms. The molecule has 1 saturated heterocycles. The number of fused-ring (bicyclic) bond motifs is 1. The van der Waals surface area contributed by atoms with Gasteiger partial charge in [-0.25, -0.2) is 0 Å². The van der Waals surface area contributed by atoms with Crippen molar-refractivity contribution in [3.05, 3.63) is 70.1 Å². The lowest BCUT2D eigenvalue weighted by Gasteiger charge is -2.19. The number of likely N-dealkylation sites (tertiary alicyclic amines) is 1. The van der Waals surface area contributed by atoms with Crippen LogP contribution in [0.1, 0.15) is 16.1 Å². The van der Waals surface area contributed by atoms with E-state index in [2.05, 4.69) is 39.5 Å². The molecule has 0 bridgehead atoms. The molecule has 1 unspecified atom stereocenters. The number of benzene rings is 1. The summed E-state index contributed by atoms with van der Waals surface area (Å²) in [4.78, 5) is 28.4. The molecule has 1 saturated carbocycles. The Morgan fingerprint density at radius 3 is 2.52 bits per heavy atom. The molecule has 2 aliphatic rings. The minimum Gasteiger partial charge on any atom is -0.347 e. The van der Waals surface area contributed by atoms with Crippen molar-refractivity contribution in [2.24, 2.45) is 11.8 Å². The zero-order valence-corrected chi connectivity index (χ0v) is 12.7. The first kappa shape index (κ1) is 14.2. The number of pyridine rings is 1. The summed E-state index contributed by atoms with van der Waals surface area (Å²) in [5.74, 6) is 0.896. The predicted molar refractivity (Wildman–Crippen MR) is 87.0 cm³/mol. The highest BCUT2D eigenvalue weighted by Crippen LogP contribution is 2.45. The van der Waals surface area contributed by atoms with Crippen LogP contribution in [0, 0.1) is 11.8 Å². The number of carbonyl (C=O) groups excluding carboxylic acids is 1. The number of aromatic nitrogens is 1. The Kier molecular flexibility index (Phi) is 3.50. The van der Waals surface area contributed by atoms with E-state index in [-0.39, 0.29) is 17.5 Å². The Morgan fingerprint density at radius 2 is 1.83 bits per heavy atom. The molecule has 2 N–H and O–H groups in total. The van der Waals surface area contributed by atoms with Gasteiger partial charge in [-0.05, 0) is 23.5 Å². The van der Waals surface area contributed by atoms with Crippen LogP contribution in [0.4, 0.5) is 0 Å².